The summed E-state index contributed by atoms with van der Waals surface area (Å²) >= 11 is 0. The van der Waals surface area contributed by atoms with Crippen molar-refractivity contribution in [1.29, 1.82) is 0 Å². The van der Waals surface area contributed by atoms with Gasteiger partial charge in [0.05, 0.1) is 4.90 Å². The van der Waals surface area contributed by atoms with Crippen molar-refractivity contribution >= 4 is 27.2 Å². The van der Waals surface area contributed by atoms with Crippen LogP contribution in [0.2, 0.25) is 0 Å². The topological polar surface area (TPSA) is 70.2 Å². The van der Waals surface area contributed by atoms with Gasteiger partial charge >= 0.3 is 0 Å². The molecule has 4 rings (SSSR count). The third-order valence-electron chi connectivity index (χ3n) is 5.39. The lowest BCUT2D eigenvalue weighted by Crippen LogP contribution is -2.38. The monoisotopic (exact) mass is 382 g/mol. The summed E-state index contributed by atoms with van der Waals surface area (Å²) in [5.74, 6) is 0.507. The Bertz CT molecular complexity index is 1050. The van der Waals surface area contributed by atoms with Crippen LogP contribution in [-0.4, -0.2) is 37.1 Å². The van der Waals surface area contributed by atoms with E-state index in [0.717, 1.165) is 31.1 Å². The van der Waals surface area contributed by atoms with E-state index in [0.29, 0.717) is 30.0 Å². The van der Waals surface area contributed by atoms with Gasteiger partial charge in [-0.3, -0.25) is 4.79 Å². The minimum absolute atomic E-state index is 0.249. The normalized spacial score (nSPS) is 16.6. The van der Waals surface area contributed by atoms with Crippen molar-refractivity contribution in [3.63, 3.8) is 0 Å². The second-order valence-electron chi connectivity index (χ2n) is 7.11. The Balaban J connectivity index is 1.49. The van der Waals surface area contributed by atoms with Crippen LogP contribution in [0.5, 0.6) is 0 Å². The predicted octanol–water partition coefficient (Wildman–Crippen LogP) is 3.62. The van der Waals surface area contributed by atoms with E-state index in [2.05, 4.69) is 17.1 Å². The predicted molar refractivity (Wildman–Crippen MR) is 105 cm³/mol. The number of carbonyl (C=O) groups is 1. The molecule has 0 spiro atoms. The average Bonchev–Trinajstić information content (AvgIpc) is 3.11. The number of fused-ring (bicyclic) bond motifs is 1. The number of hydrogen-bond acceptors (Lipinski definition) is 3. The number of aromatic amines is 1. The SMILES string of the molecule is O=Cc1c[nH]c2ccc(S(=O)(=O)N3CCC(Cc4ccccc4)CC3)cc12. The molecule has 0 atom stereocenters. The van der Waals surface area contributed by atoms with E-state index in [1.807, 2.05) is 18.2 Å². The maximum atomic E-state index is 13.0. The molecule has 0 radical (unpaired) electrons. The number of benzene rings is 2. The lowest BCUT2D eigenvalue weighted by Gasteiger charge is -2.31. The first-order valence-corrected chi connectivity index (χ1v) is 10.6. The molecule has 1 aliphatic heterocycles. The molecule has 1 fully saturated rings. The van der Waals surface area contributed by atoms with Crippen LogP contribution in [-0.2, 0) is 16.4 Å². The van der Waals surface area contributed by atoms with Gasteiger partial charge in [-0.05, 0) is 48.9 Å². The molecular formula is C21H22N2O3S. The molecule has 2 heterocycles. The molecule has 27 heavy (non-hydrogen) atoms. The zero-order valence-corrected chi connectivity index (χ0v) is 15.8. The first-order chi connectivity index (χ1) is 13.1. The van der Waals surface area contributed by atoms with E-state index < -0.39 is 10.0 Å². The van der Waals surface area contributed by atoms with Gasteiger partial charge in [0.25, 0.3) is 0 Å². The maximum absolute atomic E-state index is 13.0. The Kier molecular flexibility index (Phi) is 4.85. The summed E-state index contributed by atoms with van der Waals surface area (Å²) < 4.78 is 27.7. The van der Waals surface area contributed by atoms with Crippen molar-refractivity contribution < 1.29 is 13.2 Å². The van der Waals surface area contributed by atoms with Crippen molar-refractivity contribution in [2.24, 2.45) is 5.92 Å². The fourth-order valence-corrected chi connectivity index (χ4v) is 5.33. The molecule has 3 aromatic rings. The number of piperidine rings is 1. The molecule has 1 N–H and O–H groups in total. The molecule has 140 valence electrons. The Hall–Kier alpha value is -2.44. The number of sulfonamides is 1. The molecule has 0 aliphatic carbocycles. The minimum Gasteiger partial charge on any atom is -0.360 e. The van der Waals surface area contributed by atoms with Crippen LogP contribution in [0.25, 0.3) is 10.9 Å². The van der Waals surface area contributed by atoms with Crippen molar-refractivity contribution in [3.05, 3.63) is 65.9 Å². The average molecular weight is 382 g/mol. The van der Waals surface area contributed by atoms with Crippen molar-refractivity contribution in [1.82, 2.24) is 9.29 Å². The highest BCUT2D eigenvalue weighted by molar-refractivity contribution is 7.89. The zero-order chi connectivity index (χ0) is 18.9. The summed E-state index contributed by atoms with van der Waals surface area (Å²) in [5.41, 5.74) is 2.54. The summed E-state index contributed by atoms with van der Waals surface area (Å²) in [6.45, 7) is 1.07. The number of aromatic nitrogens is 1. The second kappa shape index (κ2) is 7.29. The number of nitrogens with zero attached hydrogens (tertiary/aromatic N) is 1. The van der Waals surface area contributed by atoms with E-state index in [4.69, 9.17) is 0 Å². The third-order valence-corrected chi connectivity index (χ3v) is 7.29. The lowest BCUT2D eigenvalue weighted by molar-refractivity contribution is 0.112. The van der Waals surface area contributed by atoms with Gasteiger partial charge in [0.1, 0.15) is 0 Å². The molecule has 2 aromatic carbocycles. The van der Waals surface area contributed by atoms with E-state index >= 15 is 0 Å². The molecular weight excluding hydrogens is 360 g/mol. The van der Waals surface area contributed by atoms with Gasteiger partial charge in [-0.25, -0.2) is 8.42 Å². The number of rotatable bonds is 5. The molecule has 0 bridgehead atoms. The van der Waals surface area contributed by atoms with Crippen LogP contribution in [0.15, 0.2) is 59.6 Å². The first kappa shape index (κ1) is 17.9. The standard InChI is InChI=1S/C21H22N2O3S/c24-15-18-14-22-21-7-6-19(13-20(18)21)27(25,26)23-10-8-17(9-11-23)12-16-4-2-1-3-5-16/h1-7,13-15,17,22H,8-12H2. The summed E-state index contributed by atoms with van der Waals surface area (Å²) in [6, 6.07) is 15.3. The first-order valence-electron chi connectivity index (χ1n) is 9.18. The van der Waals surface area contributed by atoms with Crippen LogP contribution in [0.3, 0.4) is 0 Å². The maximum Gasteiger partial charge on any atom is 0.243 e. The smallest absolute Gasteiger partial charge is 0.243 e. The van der Waals surface area contributed by atoms with Crippen molar-refractivity contribution in [2.75, 3.05) is 13.1 Å². The lowest BCUT2D eigenvalue weighted by atomic mass is 9.91. The van der Waals surface area contributed by atoms with Crippen LogP contribution >= 0.6 is 0 Å². The van der Waals surface area contributed by atoms with Gasteiger partial charge in [0.15, 0.2) is 6.29 Å². The molecule has 1 aromatic heterocycles. The Morgan fingerprint density at radius 2 is 1.81 bits per heavy atom. The molecule has 5 nitrogen and oxygen atoms in total. The number of aldehydes is 1. The van der Waals surface area contributed by atoms with E-state index in [-0.39, 0.29) is 4.90 Å². The fourth-order valence-electron chi connectivity index (χ4n) is 3.83. The quantitative estimate of drug-likeness (QED) is 0.685. The van der Waals surface area contributed by atoms with Gasteiger partial charge in [-0.15, -0.1) is 0 Å². The fraction of sp³-hybridized carbons (Fsp3) is 0.286. The highest BCUT2D eigenvalue weighted by Gasteiger charge is 2.29. The number of carbonyl (C=O) groups excluding carboxylic acids is 1. The van der Waals surface area contributed by atoms with Crippen molar-refractivity contribution in [2.45, 2.75) is 24.2 Å². The van der Waals surface area contributed by atoms with Gasteiger partial charge in [0, 0.05) is 35.8 Å². The highest BCUT2D eigenvalue weighted by atomic mass is 32.2. The van der Waals surface area contributed by atoms with E-state index in [1.54, 1.807) is 28.7 Å². The second-order valence-corrected chi connectivity index (χ2v) is 9.04. The zero-order valence-electron chi connectivity index (χ0n) is 15.0. The summed E-state index contributed by atoms with van der Waals surface area (Å²) in [5, 5.41) is 0.644. The molecule has 0 amide bonds. The van der Waals surface area contributed by atoms with Crippen LogP contribution in [0.1, 0.15) is 28.8 Å². The van der Waals surface area contributed by atoms with Crippen molar-refractivity contribution in [3.8, 4) is 0 Å². The largest absolute Gasteiger partial charge is 0.360 e. The highest BCUT2D eigenvalue weighted by Crippen LogP contribution is 2.28. The summed E-state index contributed by atoms with van der Waals surface area (Å²) in [4.78, 5) is 14.4. The number of hydrogen-bond donors (Lipinski definition) is 1. The van der Waals surface area contributed by atoms with Gasteiger partial charge in [-0.1, -0.05) is 30.3 Å². The number of H-pyrrole nitrogens is 1. The molecule has 0 saturated carbocycles. The minimum atomic E-state index is -3.55. The molecule has 6 heteroatoms. The molecule has 1 saturated heterocycles. The van der Waals surface area contributed by atoms with Crippen LogP contribution < -0.4 is 0 Å². The van der Waals surface area contributed by atoms with Gasteiger partial charge in [-0.2, -0.15) is 4.31 Å². The van der Waals surface area contributed by atoms with E-state index in [1.165, 1.54) is 5.56 Å². The summed E-state index contributed by atoms with van der Waals surface area (Å²) in [6.07, 6.45) is 5.06. The van der Waals surface area contributed by atoms with Gasteiger partial charge in [0.2, 0.25) is 10.0 Å². The van der Waals surface area contributed by atoms with Crippen LogP contribution in [0.4, 0.5) is 0 Å². The molecule has 0 unspecified atom stereocenters. The third kappa shape index (κ3) is 3.55. The summed E-state index contributed by atoms with van der Waals surface area (Å²) in [7, 11) is -3.55. The molecule has 1 aliphatic rings. The Labute approximate surface area is 159 Å². The number of nitrogens with one attached hydrogen (secondary N) is 1. The van der Waals surface area contributed by atoms with Crippen LogP contribution in [0, 0.1) is 5.92 Å². The Morgan fingerprint density at radius 1 is 1.07 bits per heavy atom. The van der Waals surface area contributed by atoms with E-state index in [9.17, 15) is 13.2 Å². The van der Waals surface area contributed by atoms with Gasteiger partial charge < -0.3 is 4.98 Å². The Morgan fingerprint density at radius 3 is 2.52 bits per heavy atom.